The summed E-state index contributed by atoms with van der Waals surface area (Å²) in [4.78, 5) is 21.9. The first-order valence-corrected chi connectivity index (χ1v) is 6.56. The molecule has 0 unspecified atom stereocenters. The molecule has 2 heterocycles. The zero-order chi connectivity index (χ0) is 13.0. The van der Waals surface area contributed by atoms with Crippen LogP contribution in [0.25, 0.3) is 0 Å². The van der Waals surface area contributed by atoms with Gasteiger partial charge < -0.3 is 10.0 Å². The van der Waals surface area contributed by atoms with Crippen LogP contribution >= 0.6 is 0 Å². The molecule has 0 atom stereocenters. The third-order valence-corrected chi connectivity index (χ3v) is 3.21. The van der Waals surface area contributed by atoms with Crippen molar-refractivity contribution in [3.63, 3.8) is 0 Å². The van der Waals surface area contributed by atoms with E-state index in [2.05, 4.69) is 14.9 Å². The minimum Gasteiger partial charge on any atom is -0.478 e. The number of hydrogen-bond acceptors (Lipinski definition) is 4. The van der Waals surface area contributed by atoms with Gasteiger partial charge in [0, 0.05) is 19.3 Å². The summed E-state index contributed by atoms with van der Waals surface area (Å²) in [5.74, 6) is -0.258. The highest BCUT2D eigenvalue weighted by atomic mass is 16.4. The maximum atomic E-state index is 11.1. The van der Waals surface area contributed by atoms with Gasteiger partial charge in [0.15, 0.2) is 0 Å². The molecule has 1 aliphatic rings. The number of aryl methyl sites for hydroxylation is 1. The number of aromatic carboxylic acids is 1. The second kappa shape index (κ2) is 5.80. The molecule has 0 aromatic carbocycles. The quantitative estimate of drug-likeness (QED) is 0.885. The maximum absolute atomic E-state index is 11.1. The van der Waals surface area contributed by atoms with Crippen molar-refractivity contribution >= 4 is 11.9 Å². The molecule has 0 radical (unpaired) electrons. The normalized spacial score (nSPS) is 15.7. The van der Waals surface area contributed by atoms with Crippen molar-refractivity contribution in [2.24, 2.45) is 0 Å². The van der Waals surface area contributed by atoms with E-state index in [1.807, 2.05) is 6.92 Å². The molecule has 0 spiro atoms. The smallest absolute Gasteiger partial charge is 0.339 e. The highest BCUT2D eigenvalue weighted by molar-refractivity contribution is 5.88. The summed E-state index contributed by atoms with van der Waals surface area (Å²) in [6.45, 7) is 3.96. The fraction of sp³-hybridized carbons (Fsp3) is 0.615. The molecule has 1 aliphatic heterocycles. The summed E-state index contributed by atoms with van der Waals surface area (Å²) in [6, 6.07) is 0. The van der Waals surface area contributed by atoms with Crippen LogP contribution in [0, 0.1) is 0 Å². The van der Waals surface area contributed by atoms with Crippen LogP contribution in [0.5, 0.6) is 0 Å². The number of carbonyl (C=O) groups is 1. The van der Waals surface area contributed by atoms with Crippen molar-refractivity contribution in [2.75, 3.05) is 18.0 Å². The van der Waals surface area contributed by atoms with Gasteiger partial charge in [-0.2, -0.15) is 0 Å². The molecule has 1 N–H and O–H groups in total. The summed E-state index contributed by atoms with van der Waals surface area (Å²) in [7, 11) is 0. The zero-order valence-electron chi connectivity index (χ0n) is 10.7. The van der Waals surface area contributed by atoms with Crippen LogP contribution in [-0.2, 0) is 6.42 Å². The Kier molecular flexibility index (Phi) is 4.12. The molecule has 0 bridgehead atoms. The Morgan fingerprint density at radius 1 is 1.39 bits per heavy atom. The maximum Gasteiger partial charge on any atom is 0.339 e. The van der Waals surface area contributed by atoms with E-state index in [1.54, 1.807) is 0 Å². The van der Waals surface area contributed by atoms with Crippen molar-refractivity contribution in [1.29, 1.82) is 0 Å². The average molecular weight is 249 g/mol. The molecule has 5 nitrogen and oxygen atoms in total. The van der Waals surface area contributed by atoms with Crippen molar-refractivity contribution < 1.29 is 9.90 Å². The molecule has 1 fully saturated rings. The second-order valence-corrected chi connectivity index (χ2v) is 4.63. The van der Waals surface area contributed by atoms with E-state index in [4.69, 9.17) is 5.11 Å². The Morgan fingerprint density at radius 2 is 2.11 bits per heavy atom. The fourth-order valence-electron chi connectivity index (χ4n) is 2.26. The van der Waals surface area contributed by atoms with Gasteiger partial charge in [-0.15, -0.1) is 0 Å². The Balaban J connectivity index is 2.26. The van der Waals surface area contributed by atoms with E-state index < -0.39 is 5.97 Å². The predicted molar refractivity (Wildman–Crippen MR) is 69.1 cm³/mol. The number of rotatable bonds is 4. The average Bonchev–Trinajstić information content (AvgIpc) is 2.40. The summed E-state index contributed by atoms with van der Waals surface area (Å²) < 4.78 is 0. The van der Waals surface area contributed by atoms with Crippen LogP contribution in [-0.4, -0.2) is 34.1 Å². The van der Waals surface area contributed by atoms with Crippen LogP contribution in [0.15, 0.2) is 6.20 Å². The van der Waals surface area contributed by atoms with Crippen molar-refractivity contribution in [3.8, 4) is 0 Å². The predicted octanol–water partition coefficient (Wildman–Crippen LogP) is 2.12. The number of carboxylic acids is 1. The minimum atomic E-state index is -0.941. The topological polar surface area (TPSA) is 66.3 Å². The van der Waals surface area contributed by atoms with Crippen molar-refractivity contribution in [2.45, 2.75) is 39.0 Å². The van der Waals surface area contributed by atoms with Crippen LogP contribution in [0.4, 0.5) is 5.95 Å². The van der Waals surface area contributed by atoms with E-state index in [0.29, 0.717) is 18.1 Å². The van der Waals surface area contributed by atoms with Gasteiger partial charge in [0.2, 0.25) is 5.95 Å². The van der Waals surface area contributed by atoms with E-state index >= 15 is 0 Å². The summed E-state index contributed by atoms with van der Waals surface area (Å²) in [5, 5.41) is 9.10. The minimum absolute atomic E-state index is 0.234. The van der Waals surface area contributed by atoms with Gasteiger partial charge in [0.05, 0.1) is 11.3 Å². The van der Waals surface area contributed by atoms with Gasteiger partial charge in [0.1, 0.15) is 0 Å². The lowest BCUT2D eigenvalue weighted by atomic mass is 10.1. The molecular formula is C13H19N3O2. The third kappa shape index (κ3) is 2.78. The fourth-order valence-corrected chi connectivity index (χ4v) is 2.26. The molecular weight excluding hydrogens is 230 g/mol. The summed E-state index contributed by atoms with van der Waals surface area (Å²) in [5.41, 5.74) is 0.887. The van der Waals surface area contributed by atoms with Crippen LogP contribution in [0.1, 0.15) is 48.7 Å². The molecule has 98 valence electrons. The number of anilines is 1. The van der Waals surface area contributed by atoms with Crippen molar-refractivity contribution in [1.82, 2.24) is 9.97 Å². The first-order chi connectivity index (χ1) is 8.72. The van der Waals surface area contributed by atoms with Gasteiger partial charge in [-0.05, 0) is 25.7 Å². The number of nitrogens with zero attached hydrogens (tertiary/aromatic N) is 3. The molecule has 0 saturated carbocycles. The number of carboxylic acid groups (broad SMARTS) is 1. The van der Waals surface area contributed by atoms with Gasteiger partial charge in [0.25, 0.3) is 0 Å². The van der Waals surface area contributed by atoms with Crippen LogP contribution < -0.4 is 4.90 Å². The van der Waals surface area contributed by atoms with E-state index in [-0.39, 0.29) is 5.56 Å². The molecule has 0 aliphatic carbocycles. The Labute approximate surface area is 107 Å². The summed E-state index contributed by atoms with van der Waals surface area (Å²) in [6.07, 6.45) is 6.60. The highest BCUT2D eigenvalue weighted by Crippen LogP contribution is 2.18. The number of piperidine rings is 1. The lowest BCUT2D eigenvalue weighted by Crippen LogP contribution is -2.31. The SMILES string of the molecule is CCCc1nc(N2CCCCC2)ncc1C(=O)O. The Bertz CT molecular complexity index is 428. The largest absolute Gasteiger partial charge is 0.478 e. The van der Waals surface area contributed by atoms with E-state index in [0.717, 1.165) is 32.4 Å². The van der Waals surface area contributed by atoms with E-state index in [1.165, 1.54) is 12.6 Å². The molecule has 1 aromatic rings. The Hall–Kier alpha value is -1.65. The standard InChI is InChI=1S/C13H19N3O2/c1-2-6-11-10(12(17)18)9-14-13(15-11)16-7-4-3-5-8-16/h9H,2-8H2,1H3,(H,17,18). The molecule has 18 heavy (non-hydrogen) atoms. The molecule has 5 heteroatoms. The first-order valence-electron chi connectivity index (χ1n) is 6.56. The second-order valence-electron chi connectivity index (χ2n) is 4.63. The lowest BCUT2D eigenvalue weighted by Gasteiger charge is -2.27. The van der Waals surface area contributed by atoms with Gasteiger partial charge in [-0.1, -0.05) is 13.3 Å². The summed E-state index contributed by atoms with van der Waals surface area (Å²) >= 11 is 0. The van der Waals surface area contributed by atoms with E-state index in [9.17, 15) is 4.79 Å². The number of hydrogen-bond donors (Lipinski definition) is 1. The molecule has 1 saturated heterocycles. The van der Waals surface area contributed by atoms with Gasteiger partial charge in [-0.25, -0.2) is 14.8 Å². The van der Waals surface area contributed by atoms with Crippen molar-refractivity contribution in [3.05, 3.63) is 17.5 Å². The lowest BCUT2D eigenvalue weighted by molar-refractivity contribution is 0.0694. The monoisotopic (exact) mass is 249 g/mol. The molecule has 2 rings (SSSR count). The first kappa shape index (κ1) is 12.8. The van der Waals surface area contributed by atoms with Gasteiger partial charge >= 0.3 is 5.97 Å². The zero-order valence-corrected chi connectivity index (χ0v) is 10.7. The highest BCUT2D eigenvalue weighted by Gasteiger charge is 2.17. The Morgan fingerprint density at radius 3 is 2.72 bits per heavy atom. The van der Waals surface area contributed by atoms with Gasteiger partial charge in [-0.3, -0.25) is 0 Å². The van der Waals surface area contributed by atoms with Crippen LogP contribution in [0.3, 0.4) is 0 Å². The number of aromatic nitrogens is 2. The van der Waals surface area contributed by atoms with Crippen LogP contribution in [0.2, 0.25) is 0 Å². The molecule has 0 amide bonds. The molecule has 1 aromatic heterocycles. The third-order valence-electron chi connectivity index (χ3n) is 3.21.